The van der Waals surface area contributed by atoms with Gasteiger partial charge in [-0.2, -0.15) is 0 Å². The second-order valence-electron chi connectivity index (χ2n) is 19.8. The zero-order chi connectivity index (χ0) is 46.5. The molecule has 5 N–H and O–H groups in total. The van der Waals surface area contributed by atoms with E-state index in [0.29, 0.717) is 39.1 Å². The Kier molecular flexibility index (Phi) is 19.9. The van der Waals surface area contributed by atoms with E-state index >= 15 is 0 Å². The molecule has 0 spiro atoms. The van der Waals surface area contributed by atoms with Crippen LogP contribution < -0.4 is 21.7 Å². The molecule has 62 heavy (non-hydrogen) atoms. The molecule has 1 aromatic carbocycles. The van der Waals surface area contributed by atoms with Gasteiger partial charge in [-0.25, -0.2) is 0 Å². The first kappa shape index (κ1) is 52.8. The van der Waals surface area contributed by atoms with Gasteiger partial charge in [0.2, 0.25) is 29.5 Å². The van der Waals surface area contributed by atoms with Crippen LogP contribution in [0, 0.1) is 11.8 Å². The summed E-state index contributed by atoms with van der Waals surface area (Å²) in [5.74, 6) is -1.84. The number of unbranched alkanes of at least 4 members (excludes halogenated alkanes) is 1. The lowest BCUT2D eigenvalue weighted by atomic mass is 9.89. The van der Waals surface area contributed by atoms with Gasteiger partial charge >= 0.3 is 0 Å². The monoisotopic (exact) mass is 871 g/mol. The van der Waals surface area contributed by atoms with Crippen LogP contribution in [0.15, 0.2) is 30.3 Å². The fraction of sp³-hybridized carbons (Fsp3) is 0.771. The Morgan fingerprint density at radius 1 is 0.968 bits per heavy atom. The van der Waals surface area contributed by atoms with Gasteiger partial charge < -0.3 is 45.7 Å². The van der Waals surface area contributed by atoms with Gasteiger partial charge in [0.25, 0.3) is 0 Å². The molecule has 1 heterocycles. The van der Waals surface area contributed by atoms with Crippen molar-refractivity contribution in [2.75, 3.05) is 47.0 Å². The Bertz CT molecular complexity index is 1610. The third-order valence-corrected chi connectivity index (χ3v) is 12.9. The molecule has 6 atom stereocenters. The average Bonchev–Trinajstić information content (AvgIpc) is 3.88. The summed E-state index contributed by atoms with van der Waals surface area (Å²) in [4.78, 5) is 72.3. The number of hydrogen-bond acceptors (Lipinski definition) is 9. The van der Waals surface area contributed by atoms with Crippen molar-refractivity contribution < 1.29 is 38.2 Å². The highest BCUT2D eigenvalue weighted by atomic mass is 16.5. The van der Waals surface area contributed by atoms with Gasteiger partial charge in [0, 0.05) is 51.2 Å². The first-order valence-electron chi connectivity index (χ1n) is 23.0. The van der Waals surface area contributed by atoms with Crippen LogP contribution in [0.5, 0.6) is 0 Å². The molecule has 1 saturated carbocycles. The molecular formula is C48H82N6O8. The van der Waals surface area contributed by atoms with Crippen LogP contribution in [-0.4, -0.2) is 127 Å². The summed E-state index contributed by atoms with van der Waals surface area (Å²) in [5, 5.41) is 8.79. The van der Waals surface area contributed by atoms with Gasteiger partial charge in [0.05, 0.1) is 55.4 Å². The number of benzene rings is 1. The molecule has 1 aliphatic heterocycles. The number of amides is 5. The van der Waals surface area contributed by atoms with Gasteiger partial charge in [0.15, 0.2) is 0 Å². The molecular weight excluding hydrogens is 789 g/mol. The van der Waals surface area contributed by atoms with Crippen molar-refractivity contribution in [3.05, 3.63) is 35.9 Å². The van der Waals surface area contributed by atoms with Crippen LogP contribution in [0.3, 0.4) is 0 Å². The standard InChI is InChI=1S/C48H82N6O8/c1-13-15-27-54(40(57)30-50-44(59)47(9,10)52-38(55)23-24-46(7,8)62-32-45(5,6)49)41(33(3)14-2)37(60-11)29-39(56)53-28-19-22-36(53)42(61-12)34(4)43(58)51-31-48(25-26-48)35-20-17-16-18-21-35/h16-18,20-21,33-34,36-37,41-42H,13-15,19,22-32,49H2,1-12H3,(H,50,59)(H,51,58)(H,52,55)/t33-,34+,36-,37+,41-,42+/m0/s1. The molecule has 1 aliphatic carbocycles. The van der Waals surface area contributed by atoms with Gasteiger partial charge in [0.1, 0.15) is 5.54 Å². The molecule has 2 fully saturated rings. The number of nitrogens with zero attached hydrogens (tertiary/aromatic N) is 2. The van der Waals surface area contributed by atoms with Crippen molar-refractivity contribution in [2.24, 2.45) is 17.6 Å². The summed E-state index contributed by atoms with van der Waals surface area (Å²) < 4.78 is 18.1. The third kappa shape index (κ3) is 15.3. The molecule has 14 heteroatoms. The van der Waals surface area contributed by atoms with Gasteiger partial charge in [-0.1, -0.05) is 70.9 Å². The van der Waals surface area contributed by atoms with E-state index < -0.39 is 46.8 Å². The second-order valence-corrected chi connectivity index (χ2v) is 19.8. The average molecular weight is 871 g/mol. The molecule has 14 nitrogen and oxygen atoms in total. The molecule has 1 aromatic rings. The number of hydrogen-bond donors (Lipinski definition) is 4. The number of carbonyl (C=O) groups is 5. The van der Waals surface area contributed by atoms with Crippen molar-refractivity contribution in [3.63, 3.8) is 0 Å². The Hall–Kier alpha value is -3.59. The van der Waals surface area contributed by atoms with Crippen LogP contribution in [0.2, 0.25) is 0 Å². The smallest absolute Gasteiger partial charge is 0.245 e. The van der Waals surface area contributed by atoms with E-state index in [1.54, 1.807) is 33.0 Å². The van der Waals surface area contributed by atoms with E-state index in [4.69, 9.17) is 19.9 Å². The molecule has 3 rings (SSSR count). The number of rotatable bonds is 27. The quantitative estimate of drug-likeness (QED) is 0.0919. The van der Waals surface area contributed by atoms with Crippen LogP contribution in [-0.2, 0) is 43.6 Å². The molecule has 5 amide bonds. The Labute approximate surface area is 372 Å². The lowest BCUT2D eigenvalue weighted by molar-refractivity contribution is -0.147. The van der Waals surface area contributed by atoms with Crippen LogP contribution >= 0.6 is 0 Å². The van der Waals surface area contributed by atoms with Gasteiger partial charge in [-0.05, 0) is 91.5 Å². The minimum Gasteiger partial charge on any atom is -0.379 e. The lowest BCUT2D eigenvalue weighted by Crippen LogP contribution is -2.58. The summed E-state index contributed by atoms with van der Waals surface area (Å²) in [7, 11) is 3.18. The predicted octanol–water partition coefficient (Wildman–Crippen LogP) is 5.25. The summed E-state index contributed by atoms with van der Waals surface area (Å²) in [6.45, 7) is 20.3. The summed E-state index contributed by atoms with van der Waals surface area (Å²) in [6.07, 6.45) is 5.29. The number of methoxy groups -OCH3 is 2. The van der Waals surface area contributed by atoms with Crippen molar-refractivity contribution in [1.82, 2.24) is 25.8 Å². The minimum absolute atomic E-state index is 0.0288. The van der Waals surface area contributed by atoms with E-state index in [1.807, 2.05) is 71.6 Å². The summed E-state index contributed by atoms with van der Waals surface area (Å²) >= 11 is 0. The second kappa shape index (κ2) is 23.4. The van der Waals surface area contributed by atoms with Crippen molar-refractivity contribution in [2.45, 2.75) is 180 Å². The van der Waals surface area contributed by atoms with E-state index in [2.05, 4.69) is 35.0 Å². The Balaban J connectivity index is 1.68. The first-order valence-corrected chi connectivity index (χ1v) is 23.0. The Morgan fingerprint density at radius 3 is 2.19 bits per heavy atom. The van der Waals surface area contributed by atoms with E-state index in [1.165, 1.54) is 5.56 Å². The highest BCUT2D eigenvalue weighted by molar-refractivity contribution is 5.93. The van der Waals surface area contributed by atoms with Crippen molar-refractivity contribution in [3.8, 4) is 0 Å². The molecule has 0 aromatic heterocycles. The summed E-state index contributed by atoms with van der Waals surface area (Å²) in [5.41, 5.74) is 4.88. The highest BCUT2D eigenvalue weighted by Gasteiger charge is 2.46. The number of nitrogens with two attached hydrogens (primary N) is 1. The normalized spacial score (nSPS) is 18.9. The van der Waals surface area contributed by atoms with Crippen molar-refractivity contribution in [1.29, 1.82) is 0 Å². The molecule has 1 saturated heterocycles. The van der Waals surface area contributed by atoms with Gasteiger partial charge in [-0.3, -0.25) is 24.0 Å². The molecule has 0 radical (unpaired) electrons. The highest BCUT2D eigenvalue weighted by Crippen LogP contribution is 2.47. The SMILES string of the molecule is CCCCN(C(=O)CNC(=O)C(C)(C)NC(=O)CCC(C)(C)OCC(C)(C)N)[C@@H]([C@@H](C)CC)[C@@H](CC(=O)N1CCC[C@H]1[C@H](OC)[C@@H](C)C(=O)NCC1(c2ccccc2)CC1)OC. The molecule has 352 valence electrons. The third-order valence-electron chi connectivity index (χ3n) is 12.9. The topological polar surface area (TPSA) is 182 Å². The zero-order valence-corrected chi connectivity index (χ0v) is 40.2. The summed E-state index contributed by atoms with van der Waals surface area (Å²) in [6, 6.07) is 9.55. The maximum absolute atomic E-state index is 14.4. The fourth-order valence-electron chi connectivity index (χ4n) is 8.55. The van der Waals surface area contributed by atoms with Gasteiger partial charge in [-0.15, -0.1) is 0 Å². The number of likely N-dealkylation sites (tertiary alicyclic amines) is 1. The van der Waals surface area contributed by atoms with E-state index in [0.717, 1.165) is 38.5 Å². The zero-order valence-electron chi connectivity index (χ0n) is 40.2. The predicted molar refractivity (Wildman–Crippen MR) is 243 cm³/mol. The van der Waals surface area contributed by atoms with Crippen LogP contribution in [0.1, 0.15) is 139 Å². The maximum atomic E-state index is 14.4. The lowest BCUT2D eigenvalue weighted by Gasteiger charge is -2.41. The molecule has 0 bridgehead atoms. The van der Waals surface area contributed by atoms with Crippen molar-refractivity contribution >= 4 is 29.5 Å². The number of ether oxygens (including phenoxy) is 3. The van der Waals surface area contributed by atoms with Crippen LogP contribution in [0.25, 0.3) is 0 Å². The molecule has 2 aliphatic rings. The van der Waals surface area contributed by atoms with E-state index in [9.17, 15) is 24.0 Å². The molecule has 0 unspecified atom stereocenters. The Morgan fingerprint density at radius 2 is 1.63 bits per heavy atom. The number of nitrogens with one attached hydrogen (secondary N) is 3. The maximum Gasteiger partial charge on any atom is 0.245 e. The minimum atomic E-state index is -1.29. The largest absolute Gasteiger partial charge is 0.379 e. The number of carbonyl (C=O) groups excluding carboxylic acids is 5. The van der Waals surface area contributed by atoms with E-state index in [-0.39, 0.29) is 60.4 Å². The fourth-order valence-corrected chi connectivity index (χ4v) is 8.55. The van der Waals surface area contributed by atoms with Crippen LogP contribution in [0.4, 0.5) is 0 Å². The first-order chi connectivity index (χ1) is 29.0.